The monoisotopic (exact) mass is 370 g/mol. The maximum absolute atomic E-state index is 12.7. The number of amides is 1. The summed E-state index contributed by atoms with van der Waals surface area (Å²) in [6.45, 7) is 1.84. The molecule has 0 saturated heterocycles. The Morgan fingerprint density at radius 3 is 2.78 bits per heavy atom. The minimum atomic E-state index is -3.64. The highest BCUT2D eigenvalue weighted by molar-refractivity contribution is 7.94. The summed E-state index contributed by atoms with van der Waals surface area (Å²) in [5.74, 6) is 4.68. The molecule has 3 aromatic rings. The van der Waals surface area contributed by atoms with Crippen molar-refractivity contribution in [2.24, 2.45) is 5.84 Å². The summed E-state index contributed by atoms with van der Waals surface area (Å²) < 4.78 is 27.7. The maximum atomic E-state index is 12.7. The number of aromatic amines is 1. The van der Waals surface area contributed by atoms with Crippen LogP contribution in [0.5, 0.6) is 0 Å². The second-order valence-corrected chi connectivity index (χ2v) is 9.21. The molecule has 7 nitrogen and oxygen atoms in total. The zero-order chi connectivity index (χ0) is 16.8. The summed E-state index contributed by atoms with van der Waals surface area (Å²) in [5, 5.41) is 1.72. The van der Waals surface area contributed by atoms with Gasteiger partial charge >= 0.3 is 0 Å². The van der Waals surface area contributed by atoms with Crippen molar-refractivity contribution in [2.45, 2.75) is 11.1 Å². The predicted molar refractivity (Wildman–Crippen MR) is 92.5 cm³/mol. The SMILES string of the molecule is Cc1sc2cc(C(=O)NN)[nH]c2c1N(C)S(=O)(=O)c1cccs1. The largest absolute Gasteiger partial charge is 0.348 e. The highest BCUT2D eigenvalue weighted by atomic mass is 32.2. The molecule has 122 valence electrons. The van der Waals surface area contributed by atoms with E-state index < -0.39 is 15.9 Å². The molecule has 0 atom stereocenters. The van der Waals surface area contributed by atoms with Gasteiger partial charge in [0.2, 0.25) is 0 Å². The quantitative estimate of drug-likeness (QED) is 0.371. The summed E-state index contributed by atoms with van der Waals surface area (Å²) in [7, 11) is -2.13. The van der Waals surface area contributed by atoms with Crippen molar-refractivity contribution in [1.29, 1.82) is 0 Å². The first-order valence-corrected chi connectivity index (χ1v) is 9.65. The van der Waals surface area contributed by atoms with Crippen molar-refractivity contribution in [2.75, 3.05) is 11.4 Å². The van der Waals surface area contributed by atoms with Crippen LogP contribution in [0.4, 0.5) is 5.69 Å². The second-order valence-electron chi connectivity index (χ2n) is 4.81. The van der Waals surface area contributed by atoms with Gasteiger partial charge in [-0.2, -0.15) is 0 Å². The van der Waals surface area contributed by atoms with Crippen LogP contribution < -0.4 is 15.6 Å². The molecule has 0 fully saturated rings. The van der Waals surface area contributed by atoms with Crippen molar-refractivity contribution >= 4 is 54.5 Å². The van der Waals surface area contributed by atoms with Crippen LogP contribution >= 0.6 is 22.7 Å². The third-order valence-corrected chi connectivity index (χ3v) is 7.59. The fraction of sp³-hybridized carbons (Fsp3) is 0.154. The van der Waals surface area contributed by atoms with Gasteiger partial charge in [-0.15, -0.1) is 22.7 Å². The number of sulfonamides is 1. The highest BCUT2D eigenvalue weighted by Crippen LogP contribution is 2.39. The number of rotatable bonds is 4. The molecule has 3 aromatic heterocycles. The zero-order valence-electron chi connectivity index (χ0n) is 12.3. The normalized spacial score (nSPS) is 11.8. The van der Waals surface area contributed by atoms with Crippen molar-refractivity contribution in [3.63, 3.8) is 0 Å². The first-order valence-electron chi connectivity index (χ1n) is 6.51. The van der Waals surface area contributed by atoms with Crippen molar-refractivity contribution in [3.8, 4) is 0 Å². The molecule has 0 aromatic carbocycles. The first-order chi connectivity index (χ1) is 10.9. The topological polar surface area (TPSA) is 108 Å². The number of anilines is 1. The number of carbonyl (C=O) groups excluding carboxylic acids is 1. The van der Waals surface area contributed by atoms with Gasteiger partial charge in [-0.3, -0.25) is 14.5 Å². The Kier molecular flexibility index (Phi) is 3.92. The summed E-state index contributed by atoms with van der Waals surface area (Å²) in [4.78, 5) is 15.4. The molecule has 0 saturated carbocycles. The van der Waals surface area contributed by atoms with E-state index in [9.17, 15) is 13.2 Å². The van der Waals surface area contributed by atoms with Crippen LogP contribution in [0, 0.1) is 6.92 Å². The number of thiophene rings is 2. The molecular weight excluding hydrogens is 356 g/mol. The molecule has 0 radical (unpaired) electrons. The lowest BCUT2D eigenvalue weighted by atomic mass is 10.3. The van der Waals surface area contributed by atoms with Gasteiger partial charge in [0.15, 0.2) is 0 Å². The molecule has 0 bridgehead atoms. The van der Waals surface area contributed by atoms with E-state index in [2.05, 4.69) is 10.4 Å². The van der Waals surface area contributed by atoms with Gasteiger partial charge in [0.25, 0.3) is 15.9 Å². The molecule has 23 heavy (non-hydrogen) atoms. The number of nitrogen functional groups attached to an aromatic ring is 1. The number of hydrazine groups is 1. The molecule has 0 unspecified atom stereocenters. The van der Waals surface area contributed by atoms with Crippen LogP contribution in [0.25, 0.3) is 10.2 Å². The Morgan fingerprint density at radius 1 is 1.43 bits per heavy atom. The van der Waals surface area contributed by atoms with Crippen molar-refractivity contribution < 1.29 is 13.2 Å². The predicted octanol–water partition coefficient (Wildman–Crippen LogP) is 2.03. The average molecular weight is 370 g/mol. The van der Waals surface area contributed by atoms with Gasteiger partial charge in [0, 0.05) is 11.9 Å². The summed E-state index contributed by atoms with van der Waals surface area (Å²) in [5.41, 5.74) is 3.48. The molecule has 0 aliphatic carbocycles. The van der Waals surface area contributed by atoms with Gasteiger partial charge in [-0.05, 0) is 24.4 Å². The lowest BCUT2D eigenvalue weighted by molar-refractivity contribution is 0.0949. The van der Waals surface area contributed by atoms with Gasteiger partial charge in [-0.25, -0.2) is 14.3 Å². The van der Waals surface area contributed by atoms with Crippen LogP contribution in [-0.4, -0.2) is 26.4 Å². The van der Waals surface area contributed by atoms with E-state index in [1.165, 1.54) is 22.7 Å². The fourth-order valence-electron chi connectivity index (χ4n) is 2.33. The Hall–Kier alpha value is -1.88. The smallest absolute Gasteiger partial charge is 0.281 e. The summed E-state index contributed by atoms with van der Waals surface area (Å²) in [6, 6.07) is 4.92. The van der Waals surface area contributed by atoms with E-state index in [-0.39, 0.29) is 9.90 Å². The molecular formula is C13H14N4O3S3. The molecule has 0 spiro atoms. The van der Waals surface area contributed by atoms with E-state index in [0.717, 1.165) is 20.9 Å². The number of nitrogens with one attached hydrogen (secondary N) is 2. The number of fused-ring (bicyclic) bond motifs is 1. The number of aryl methyl sites for hydroxylation is 1. The Labute approximate surface area is 140 Å². The van der Waals surface area contributed by atoms with E-state index in [1.54, 1.807) is 23.6 Å². The number of H-pyrrole nitrogens is 1. The van der Waals surface area contributed by atoms with Crippen molar-refractivity contribution in [1.82, 2.24) is 10.4 Å². The minimum absolute atomic E-state index is 0.269. The van der Waals surface area contributed by atoms with Crippen molar-refractivity contribution in [3.05, 3.63) is 34.2 Å². The molecule has 3 rings (SSSR count). The van der Waals surface area contributed by atoms with E-state index >= 15 is 0 Å². The standard InChI is InChI=1S/C13H14N4O3S3/c1-7-12(17(2)23(19,20)10-4-3-5-21-10)11-9(22-7)6-8(15-11)13(18)16-14/h3-6,15H,14H2,1-2H3,(H,16,18). The third kappa shape index (κ3) is 2.53. The van der Waals surface area contributed by atoms with Crippen LogP contribution in [0.15, 0.2) is 27.8 Å². The van der Waals surface area contributed by atoms with Gasteiger partial charge in [-0.1, -0.05) is 6.07 Å². The number of nitrogens with zero attached hydrogens (tertiary/aromatic N) is 1. The maximum Gasteiger partial charge on any atom is 0.281 e. The number of aromatic nitrogens is 1. The van der Waals surface area contributed by atoms with Gasteiger partial charge in [0.05, 0.1) is 15.9 Å². The van der Waals surface area contributed by atoms with E-state index in [1.807, 2.05) is 6.92 Å². The fourth-order valence-corrected chi connectivity index (χ4v) is 5.90. The number of hydrogen-bond donors (Lipinski definition) is 3. The molecule has 1 amide bonds. The van der Waals surface area contributed by atoms with Crippen LogP contribution in [0.1, 0.15) is 15.4 Å². The van der Waals surface area contributed by atoms with E-state index in [0.29, 0.717) is 11.2 Å². The summed E-state index contributed by atoms with van der Waals surface area (Å²) >= 11 is 2.58. The molecule has 10 heteroatoms. The zero-order valence-corrected chi connectivity index (χ0v) is 14.7. The first kappa shape index (κ1) is 16.0. The Balaban J connectivity index is 2.13. The average Bonchev–Trinajstić information content (AvgIpc) is 3.20. The second kappa shape index (κ2) is 5.64. The molecule has 0 aliphatic rings. The minimum Gasteiger partial charge on any atom is -0.348 e. The van der Waals surface area contributed by atoms with Crippen LogP contribution in [-0.2, 0) is 10.0 Å². The lowest BCUT2D eigenvalue weighted by Gasteiger charge is -2.18. The van der Waals surface area contributed by atoms with Crippen LogP contribution in [0.3, 0.4) is 0 Å². The Bertz CT molecular complexity index is 970. The van der Waals surface area contributed by atoms with Gasteiger partial charge in [0.1, 0.15) is 9.90 Å². The van der Waals surface area contributed by atoms with E-state index in [4.69, 9.17) is 5.84 Å². The summed E-state index contributed by atoms with van der Waals surface area (Å²) in [6.07, 6.45) is 0. The number of hydrogen-bond acceptors (Lipinski definition) is 6. The Morgan fingerprint density at radius 2 is 2.17 bits per heavy atom. The highest BCUT2D eigenvalue weighted by Gasteiger charge is 2.27. The third-order valence-electron chi connectivity index (χ3n) is 3.42. The number of carbonyl (C=O) groups is 1. The van der Waals surface area contributed by atoms with Crippen LogP contribution in [0.2, 0.25) is 0 Å². The van der Waals surface area contributed by atoms with Gasteiger partial charge < -0.3 is 4.98 Å². The lowest BCUT2D eigenvalue weighted by Crippen LogP contribution is -2.30. The molecule has 0 aliphatic heterocycles. The number of nitrogens with two attached hydrogens (primary N) is 1. The molecule has 4 N–H and O–H groups in total. The molecule has 3 heterocycles.